The molecule has 4 heterocycles. The van der Waals surface area contributed by atoms with Crippen molar-refractivity contribution in [1.82, 2.24) is 19.9 Å². The Labute approximate surface area is 165 Å². The number of benzene rings is 1. The fraction of sp³-hybridized carbons (Fsp3) is 0.300. The number of aromatic amines is 2. The molecule has 7 nitrogen and oxygen atoms in total. The number of aromatic nitrogens is 3. The lowest BCUT2D eigenvalue weighted by Crippen LogP contribution is -2.44. The number of nitrogens with two attached hydrogens (primary N) is 1. The van der Waals surface area contributed by atoms with Gasteiger partial charge in [-0.05, 0) is 43.1 Å². The number of nitrogens with zero attached hydrogens (tertiary/aromatic N) is 3. The van der Waals surface area contributed by atoms with Crippen LogP contribution >= 0.6 is 11.3 Å². The first-order chi connectivity index (χ1) is 13.5. The van der Waals surface area contributed by atoms with Gasteiger partial charge in [0.25, 0.3) is 5.56 Å². The van der Waals surface area contributed by atoms with Crippen molar-refractivity contribution >= 4 is 44.0 Å². The highest BCUT2D eigenvalue weighted by molar-refractivity contribution is 7.18. The van der Waals surface area contributed by atoms with E-state index in [0.29, 0.717) is 17.1 Å². The Morgan fingerprint density at radius 1 is 1.18 bits per heavy atom. The second-order valence-electron chi connectivity index (χ2n) is 7.44. The summed E-state index contributed by atoms with van der Waals surface area (Å²) >= 11 is 1.54. The largest absolute Gasteiger partial charge is 0.397 e. The van der Waals surface area contributed by atoms with Crippen molar-refractivity contribution in [3.63, 3.8) is 0 Å². The highest BCUT2D eigenvalue weighted by Gasteiger charge is 2.19. The van der Waals surface area contributed by atoms with Gasteiger partial charge < -0.3 is 25.5 Å². The number of likely N-dealkylation sites (N-methyl/N-ethyl adjacent to an activating group) is 1. The molecule has 4 aromatic rings. The van der Waals surface area contributed by atoms with Crippen molar-refractivity contribution in [3.8, 4) is 11.4 Å². The lowest BCUT2D eigenvalue weighted by Gasteiger charge is -2.34. The minimum atomic E-state index is -0.218. The number of rotatable bonds is 2. The Morgan fingerprint density at radius 3 is 2.75 bits per heavy atom. The Hall–Kier alpha value is -2.84. The molecule has 0 radical (unpaired) electrons. The standard InChI is InChI=1S/C20H22N6OS/c1-11-10-28-18-16(21)15(20(27)24-17(11)18)19-22-13-4-3-12(9-14(13)23-19)26-7-5-25(2)6-8-26/h3-4,9-10H,5-8H2,1-2H3,(H,22,23)(H3,21,24,27). The fourth-order valence-electron chi connectivity index (χ4n) is 3.82. The van der Waals surface area contributed by atoms with Gasteiger partial charge in [-0.25, -0.2) is 4.98 Å². The summed E-state index contributed by atoms with van der Waals surface area (Å²) < 4.78 is 0.894. The zero-order chi connectivity index (χ0) is 19.4. The summed E-state index contributed by atoms with van der Waals surface area (Å²) in [5, 5.41) is 2.00. The van der Waals surface area contributed by atoms with E-state index in [0.717, 1.165) is 53.0 Å². The maximum atomic E-state index is 12.7. The van der Waals surface area contributed by atoms with Gasteiger partial charge in [0.05, 0.1) is 26.9 Å². The number of aryl methyl sites for hydroxylation is 1. The molecule has 0 aliphatic carbocycles. The van der Waals surface area contributed by atoms with Gasteiger partial charge in [0.15, 0.2) is 0 Å². The molecular weight excluding hydrogens is 372 g/mol. The topological polar surface area (TPSA) is 94.0 Å². The molecule has 4 N–H and O–H groups in total. The van der Waals surface area contributed by atoms with E-state index < -0.39 is 0 Å². The Bertz CT molecular complexity index is 1250. The lowest BCUT2D eigenvalue weighted by molar-refractivity contribution is 0.313. The molecule has 0 bridgehead atoms. The molecule has 144 valence electrons. The molecule has 1 aliphatic rings. The first kappa shape index (κ1) is 17.3. The Balaban J connectivity index is 1.59. The zero-order valence-electron chi connectivity index (χ0n) is 15.9. The molecule has 5 rings (SSSR count). The molecule has 0 saturated carbocycles. The van der Waals surface area contributed by atoms with Crippen molar-refractivity contribution in [2.45, 2.75) is 6.92 Å². The summed E-state index contributed by atoms with van der Waals surface area (Å²) in [6.07, 6.45) is 0. The molecule has 1 aromatic carbocycles. The van der Waals surface area contributed by atoms with Crippen LogP contribution in [0.4, 0.5) is 11.4 Å². The van der Waals surface area contributed by atoms with Crippen LogP contribution in [0.25, 0.3) is 32.6 Å². The van der Waals surface area contributed by atoms with E-state index in [4.69, 9.17) is 5.73 Å². The maximum Gasteiger partial charge on any atom is 0.261 e. The number of fused-ring (bicyclic) bond motifs is 2. The minimum absolute atomic E-state index is 0.218. The predicted molar refractivity (Wildman–Crippen MR) is 116 cm³/mol. The van der Waals surface area contributed by atoms with E-state index in [9.17, 15) is 4.79 Å². The first-order valence-corrected chi connectivity index (χ1v) is 10.2. The van der Waals surface area contributed by atoms with Crippen LogP contribution in [0.3, 0.4) is 0 Å². The highest BCUT2D eigenvalue weighted by Crippen LogP contribution is 2.33. The number of hydrogen-bond acceptors (Lipinski definition) is 6. The van der Waals surface area contributed by atoms with Crippen LogP contribution in [0.1, 0.15) is 5.56 Å². The summed E-state index contributed by atoms with van der Waals surface area (Å²) in [4.78, 5) is 28.3. The average molecular weight is 395 g/mol. The summed E-state index contributed by atoms with van der Waals surface area (Å²) in [6.45, 7) is 6.08. The maximum absolute atomic E-state index is 12.7. The summed E-state index contributed by atoms with van der Waals surface area (Å²) in [6, 6.07) is 6.20. The Kier molecular flexibility index (Phi) is 3.92. The van der Waals surface area contributed by atoms with Gasteiger partial charge >= 0.3 is 0 Å². The lowest BCUT2D eigenvalue weighted by atomic mass is 10.2. The number of imidazole rings is 1. The van der Waals surface area contributed by atoms with Crippen LogP contribution in [0, 0.1) is 6.92 Å². The van der Waals surface area contributed by atoms with E-state index in [2.05, 4.69) is 43.9 Å². The highest BCUT2D eigenvalue weighted by atomic mass is 32.1. The van der Waals surface area contributed by atoms with Gasteiger partial charge in [-0.1, -0.05) is 0 Å². The minimum Gasteiger partial charge on any atom is -0.397 e. The van der Waals surface area contributed by atoms with Gasteiger partial charge in [0.2, 0.25) is 0 Å². The third kappa shape index (κ3) is 2.68. The Morgan fingerprint density at radius 2 is 1.96 bits per heavy atom. The van der Waals surface area contributed by atoms with E-state index >= 15 is 0 Å². The predicted octanol–water partition coefficient (Wildman–Crippen LogP) is 2.78. The molecule has 1 saturated heterocycles. The SMILES string of the molecule is Cc1csc2c(N)c(-c3nc4ccc(N5CCN(C)CC5)cc4[nH]3)c(=O)[nH]c12. The van der Waals surface area contributed by atoms with Crippen LogP contribution in [0.5, 0.6) is 0 Å². The number of thiophene rings is 1. The molecule has 3 aromatic heterocycles. The number of pyridine rings is 1. The molecule has 0 unspecified atom stereocenters. The van der Waals surface area contributed by atoms with E-state index in [1.54, 1.807) is 0 Å². The van der Waals surface area contributed by atoms with E-state index in [-0.39, 0.29) is 5.56 Å². The molecule has 8 heteroatoms. The van der Waals surface area contributed by atoms with E-state index in [1.807, 2.05) is 18.4 Å². The molecule has 0 atom stereocenters. The summed E-state index contributed by atoms with van der Waals surface area (Å²) in [5.41, 5.74) is 11.8. The number of anilines is 2. The molecule has 1 aliphatic heterocycles. The van der Waals surface area contributed by atoms with Crippen LogP contribution in [-0.2, 0) is 0 Å². The average Bonchev–Trinajstić information content (AvgIpc) is 3.25. The van der Waals surface area contributed by atoms with E-state index in [1.165, 1.54) is 17.0 Å². The number of hydrogen-bond donors (Lipinski definition) is 3. The van der Waals surface area contributed by atoms with Crippen LogP contribution in [0.15, 0.2) is 28.4 Å². The van der Waals surface area contributed by atoms with Crippen LogP contribution in [-0.4, -0.2) is 53.1 Å². The number of nitrogen functional groups attached to an aromatic ring is 1. The van der Waals surface area contributed by atoms with Crippen molar-refractivity contribution in [1.29, 1.82) is 0 Å². The van der Waals surface area contributed by atoms with Gasteiger partial charge in [0.1, 0.15) is 11.4 Å². The number of piperazine rings is 1. The smallest absolute Gasteiger partial charge is 0.261 e. The van der Waals surface area contributed by atoms with Gasteiger partial charge in [0, 0.05) is 31.9 Å². The molecule has 1 fully saturated rings. The molecule has 0 amide bonds. The summed E-state index contributed by atoms with van der Waals surface area (Å²) in [7, 11) is 2.15. The zero-order valence-corrected chi connectivity index (χ0v) is 16.7. The molecule has 28 heavy (non-hydrogen) atoms. The van der Waals surface area contributed by atoms with Gasteiger partial charge in [-0.3, -0.25) is 4.79 Å². The van der Waals surface area contributed by atoms with Crippen molar-refractivity contribution in [2.24, 2.45) is 0 Å². The fourth-order valence-corrected chi connectivity index (χ4v) is 4.79. The van der Waals surface area contributed by atoms with Gasteiger partial charge in [-0.2, -0.15) is 0 Å². The first-order valence-electron chi connectivity index (χ1n) is 9.34. The van der Waals surface area contributed by atoms with Gasteiger partial charge in [-0.15, -0.1) is 11.3 Å². The quantitative estimate of drug-likeness (QED) is 0.486. The third-order valence-corrected chi connectivity index (χ3v) is 6.66. The second kappa shape index (κ2) is 6.35. The molecule has 0 spiro atoms. The van der Waals surface area contributed by atoms with Crippen molar-refractivity contribution < 1.29 is 0 Å². The number of nitrogens with one attached hydrogen (secondary N) is 2. The second-order valence-corrected chi connectivity index (χ2v) is 8.32. The monoisotopic (exact) mass is 394 g/mol. The third-order valence-electron chi connectivity index (χ3n) is 5.53. The normalized spacial score (nSPS) is 15.7. The number of H-pyrrole nitrogens is 2. The van der Waals surface area contributed by atoms with Crippen LogP contribution < -0.4 is 16.2 Å². The van der Waals surface area contributed by atoms with Crippen molar-refractivity contribution in [3.05, 3.63) is 39.5 Å². The summed E-state index contributed by atoms with van der Waals surface area (Å²) in [5.74, 6) is 0.511. The van der Waals surface area contributed by atoms with Crippen LogP contribution in [0.2, 0.25) is 0 Å². The molecular formula is C20H22N6OS. The van der Waals surface area contributed by atoms with Crippen molar-refractivity contribution in [2.75, 3.05) is 43.9 Å².